The van der Waals surface area contributed by atoms with Gasteiger partial charge in [0.05, 0.1) is 11.3 Å². The van der Waals surface area contributed by atoms with E-state index in [1.807, 2.05) is 0 Å². The third kappa shape index (κ3) is 3.16. The molecule has 9 nitrogen and oxygen atoms in total. The second-order valence-electron chi connectivity index (χ2n) is 5.18. The SMILES string of the molecule is N#Cc1c(NC(=O)CSc2nnc(NN)n2N)sc2c1CCCC2. The van der Waals surface area contributed by atoms with E-state index in [-0.39, 0.29) is 17.6 Å². The van der Waals surface area contributed by atoms with E-state index in [0.717, 1.165) is 43.0 Å². The zero-order valence-corrected chi connectivity index (χ0v) is 14.3. The number of hydrogen-bond acceptors (Lipinski definition) is 9. The molecule has 11 heteroatoms. The summed E-state index contributed by atoms with van der Waals surface area (Å²) in [6.45, 7) is 0. The van der Waals surface area contributed by atoms with Crippen LogP contribution in [0.3, 0.4) is 0 Å². The molecule has 0 aromatic carbocycles. The van der Waals surface area contributed by atoms with Crippen molar-refractivity contribution in [3.05, 3.63) is 16.0 Å². The van der Waals surface area contributed by atoms with Gasteiger partial charge in [0.15, 0.2) is 0 Å². The molecule has 0 atom stereocenters. The van der Waals surface area contributed by atoms with Crippen LogP contribution in [0.4, 0.5) is 10.9 Å². The second kappa shape index (κ2) is 7.08. The Hall–Kier alpha value is -2.29. The number of nitrogens with two attached hydrogens (primary N) is 2. The number of hydrogen-bond donors (Lipinski definition) is 4. The summed E-state index contributed by atoms with van der Waals surface area (Å²) in [4.78, 5) is 13.4. The van der Waals surface area contributed by atoms with Gasteiger partial charge in [-0.2, -0.15) is 5.26 Å². The Kier molecular flexibility index (Phi) is 4.89. The topological polar surface area (TPSA) is 148 Å². The molecular formula is C13H16N8OS2. The Labute approximate surface area is 146 Å². The Balaban J connectivity index is 1.66. The molecule has 0 saturated carbocycles. The van der Waals surface area contributed by atoms with E-state index in [1.54, 1.807) is 0 Å². The maximum atomic E-state index is 12.2. The number of anilines is 2. The molecule has 2 aromatic rings. The average molecular weight is 364 g/mol. The highest BCUT2D eigenvalue weighted by Gasteiger charge is 2.22. The van der Waals surface area contributed by atoms with Gasteiger partial charge in [-0.3, -0.25) is 10.2 Å². The third-order valence-corrected chi connectivity index (χ3v) is 5.81. The van der Waals surface area contributed by atoms with Crippen LogP contribution in [0.5, 0.6) is 0 Å². The first-order valence-electron chi connectivity index (χ1n) is 7.28. The van der Waals surface area contributed by atoms with Crippen molar-refractivity contribution in [1.82, 2.24) is 14.9 Å². The Morgan fingerprint density at radius 1 is 1.42 bits per heavy atom. The molecule has 0 radical (unpaired) electrons. The fourth-order valence-corrected chi connectivity index (χ4v) is 4.45. The van der Waals surface area contributed by atoms with E-state index < -0.39 is 0 Å². The van der Waals surface area contributed by atoms with Crippen molar-refractivity contribution < 1.29 is 4.79 Å². The Morgan fingerprint density at radius 2 is 2.21 bits per heavy atom. The van der Waals surface area contributed by atoms with E-state index in [4.69, 9.17) is 11.7 Å². The highest BCUT2D eigenvalue weighted by molar-refractivity contribution is 7.99. The summed E-state index contributed by atoms with van der Waals surface area (Å²) in [7, 11) is 0. The predicted molar refractivity (Wildman–Crippen MR) is 93.0 cm³/mol. The number of fused-ring (bicyclic) bond motifs is 1. The van der Waals surface area contributed by atoms with Crippen LogP contribution >= 0.6 is 23.1 Å². The zero-order valence-electron chi connectivity index (χ0n) is 12.7. The highest BCUT2D eigenvalue weighted by atomic mass is 32.2. The summed E-state index contributed by atoms with van der Waals surface area (Å²) in [6.07, 6.45) is 4.10. The first kappa shape index (κ1) is 16.6. The molecule has 0 aliphatic heterocycles. The lowest BCUT2D eigenvalue weighted by molar-refractivity contribution is -0.113. The normalized spacial score (nSPS) is 13.2. The summed E-state index contributed by atoms with van der Waals surface area (Å²) in [6, 6.07) is 2.22. The molecule has 0 bridgehead atoms. The molecule has 0 saturated heterocycles. The van der Waals surface area contributed by atoms with Crippen LogP contribution in [0.15, 0.2) is 5.16 Å². The van der Waals surface area contributed by atoms with E-state index in [1.165, 1.54) is 20.9 Å². The largest absolute Gasteiger partial charge is 0.334 e. The predicted octanol–water partition coefficient (Wildman–Crippen LogP) is 0.820. The third-order valence-electron chi connectivity index (χ3n) is 3.66. The highest BCUT2D eigenvalue weighted by Crippen LogP contribution is 2.37. The minimum atomic E-state index is -0.222. The van der Waals surface area contributed by atoms with Gasteiger partial charge in [-0.1, -0.05) is 11.8 Å². The molecule has 6 N–H and O–H groups in total. The van der Waals surface area contributed by atoms with Gasteiger partial charge in [-0.25, -0.2) is 10.5 Å². The van der Waals surface area contributed by atoms with E-state index in [2.05, 4.69) is 27.0 Å². The van der Waals surface area contributed by atoms with Gasteiger partial charge in [0, 0.05) is 4.88 Å². The number of hydrazine groups is 1. The number of thiophene rings is 1. The number of nitrogen functional groups attached to an aromatic ring is 2. The van der Waals surface area contributed by atoms with E-state index in [0.29, 0.717) is 15.7 Å². The molecule has 0 fully saturated rings. The first-order chi connectivity index (χ1) is 11.6. The minimum absolute atomic E-state index is 0.105. The van der Waals surface area contributed by atoms with Crippen LogP contribution in [0, 0.1) is 11.3 Å². The van der Waals surface area contributed by atoms with Crippen molar-refractivity contribution in [2.75, 3.05) is 22.3 Å². The molecule has 24 heavy (non-hydrogen) atoms. The number of nitrogens with one attached hydrogen (secondary N) is 2. The lowest BCUT2D eigenvalue weighted by Gasteiger charge is -2.09. The van der Waals surface area contributed by atoms with Crippen molar-refractivity contribution in [2.24, 2.45) is 5.84 Å². The van der Waals surface area contributed by atoms with Gasteiger partial charge in [0.25, 0.3) is 5.95 Å². The number of carbonyl (C=O) groups excluding carboxylic acids is 1. The van der Waals surface area contributed by atoms with Crippen molar-refractivity contribution in [3.8, 4) is 6.07 Å². The van der Waals surface area contributed by atoms with Crippen LogP contribution in [0.25, 0.3) is 0 Å². The summed E-state index contributed by atoms with van der Waals surface area (Å²) in [5.74, 6) is 11.0. The van der Waals surface area contributed by atoms with Gasteiger partial charge in [-0.05, 0) is 31.2 Å². The number of amides is 1. The molecule has 126 valence electrons. The number of rotatable bonds is 5. The number of aryl methyl sites for hydroxylation is 1. The molecule has 2 heterocycles. The number of thioether (sulfide) groups is 1. The lowest BCUT2D eigenvalue weighted by atomic mass is 9.96. The van der Waals surface area contributed by atoms with Crippen LogP contribution in [-0.4, -0.2) is 26.5 Å². The number of nitriles is 1. The monoisotopic (exact) mass is 364 g/mol. The van der Waals surface area contributed by atoms with Crippen molar-refractivity contribution in [3.63, 3.8) is 0 Å². The molecule has 1 aliphatic carbocycles. The minimum Gasteiger partial charge on any atom is -0.334 e. The zero-order chi connectivity index (χ0) is 17.1. The smallest absolute Gasteiger partial charge is 0.258 e. The fraction of sp³-hybridized carbons (Fsp3) is 0.385. The average Bonchev–Trinajstić information content (AvgIpc) is 3.12. The van der Waals surface area contributed by atoms with Gasteiger partial charge in [0.2, 0.25) is 11.1 Å². The standard InChI is InChI=1S/C13H16N8OS2/c14-5-8-7-3-1-2-4-9(7)24-11(8)17-10(22)6-23-13-20-19-12(18-15)21(13)16/h1-4,6,15-16H2,(H,17,22)(H,18,19). The maximum Gasteiger partial charge on any atom is 0.258 e. The fourth-order valence-electron chi connectivity index (χ4n) is 2.54. The maximum absolute atomic E-state index is 12.2. The van der Waals surface area contributed by atoms with Crippen molar-refractivity contribution in [1.29, 1.82) is 5.26 Å². The molecule has 0 spiro atoms. The van der Waals surface area contributed by atoms with Gasteiger partial charge >= 0.3 is 0 Å². The van der Waals surface area contributed by atoms with E-state index >= 15 is 0 Å². The number of nitrogens with zero attached hydrogens (tertiary/aromatic N) is 4. The van der Waals surface area contributed by atoms with Crippen LogP contribution in [-0.2, 0) is 17.6 Å². The van der Waals surface area contributed by atoms with Crippen LogP contribution in [0.1, 0.15) is 28.8 Å². The molecular weight excluding hydrogens is 348 g/mol. The number of carbonyl (C=O) groups is 1. The van der Waals surface area contributed by atoms with Crippen molar-refractivity contribution in [2.45, 2.75) is 30.8 Å². The Morgan fingerprint density at radius 3 is 2.92 bits per heavy atom. The molecule has 2 aromatic heterocycles. The molecule has 1 aliphatic rings. The first-order valence-corrected chi connectivity index (χ1v) is 9.08. The van der Waals surface area contributed by atoms with Crippen LogP contribution < -0.4 is 22.4 Å². The van der Waals surface area contributed by atoms with Gasteiger partial charge in [-0.15, -0.1) is 21.5 Å². The van der Waals surface area contributed by atoms with E-state index in [9.17, 15) is 10.1 Å². The molecule has 3 rings (SSSR count). The van der Waals surface area contributed by atoms with Gasteiger partial charge < -0.3 is 11.2 Å². The molecule has 1 amide bonds. The Bertz CT molecular complexity index is 806. The lowest BCUT2D eigenvalue weighted by Crippen LogP contribution is -2.19. The summed E-state index contributed by atoms with van der Waals surface area (Å²) in [5.41, 5.74) is 4.00. The van der Waals surface area contributed by atoms with Gasteiger partial charge in [0.1, 0.15) is 11.1 Å². The quantitative estimate of drug-likeness (QED) is 0.346. The second-order valence-corrected chi connectivity index (χ2v) is 7.23. The molecule has 0 unspecified atom stereocenters. The number of aromatic nitrogens is 3. The summed E-state index contributed by atoms with van der Waals surface area (Å²) >= 11 is 2.64. The summed E-state index contributed by atoms with van der Waals surface area (Å²) < 4.78 is 1.17. The van der Waals surface area contributed by atoms with Crippen molar-refractivity contribution >= 4 is 40.0 Å². The van der Waals surface area contributed by atoms with Crippen LogP contribution in [0.2, 0.25) is 0 Å². The summed E-state index contributed by atoms with van der Waals surface area (Å²) in [5, 5.41) is 20.8.